The van der Waals surface area contributed by atoms with Crippen LogP contribution in [0.2, 0.25) is 0 Å². The highest BCUT2D eigenvalue weighted by Crippen LogP contribution is 2.36. The third-order valence-corrected chi connectivity index (χ3v) is 3.54. The van der Waals surface area contributed by atoms with Crippen molar-refractivity contribution in [1.82, 2.24) is 4.90 Å². The average Bonchev–Trinajstić information content (AvgIpc) is 2.11. The highest BCUT2D eigenvalue weighted by molar-refractivity contribution is 5.69. The first-order chi connectivity index (χ1) is 8.26. The number of amides is 1. The summed E-state index contributed by atoms with van der Waals surface area (Å²) in [7, 11) is 0. The summed E-state index contributed by atoms with van der Waals surface area (Å²) in [6, 6.07) is -0.449. The second-order valence-corrected chi connectivity index (χ2v) is 6.39. The molecule has 0 aromatic carbocycles. The van der Waals surface area contributed by atoms with Crippen LogP contribution < -0.4 is 0 Å². The van der Waals surface area contributed by atoms with Crippen molar-refractivity contribution in [2.24, 2.45) is 0 Å². The molecule has 4 nitrogen and oxygen atoms in total. The molecule has 1 amide bonds. The van der Waals surface area contributed by atoms with Gasteiger partial charge < -0.3 is 14.7 Å². The molecule has 0 aromatic rings. The topological polar surface area (TPSA) is 49.8 Å². The number of alkyl halides is 1. The summed E-state index contributed by atoms with van der Waals surface area (Å²) < 4.78 is 18.9. The maximum Gasteiger partial charge on any atom is 0.410 e. The Kier molecular flexibility index (Phi) is 3.54. The number of aliphatic hydroxyl groups is 1. The molecule has 0 aromatic heterocycles. The van der Waals surface area contributed by atoms with Gasteiger partial charge in [0.2, 0.25) is 0 Å². The van der Waals surface area contributed by atoms with Crippen molar-refractivity contribution in [3.8, 4) is 0 Å². The number of carbonyl (C=O) groups excluding carboxylic acids is 1. The molecule has 2 unspecified atom stereocenters. The van der Waals surface area contributed by atoms with Crippen LogP contribution >= 0.6 is 0 Å². The number of piperidine rings is 2. The molecule has 2 rings (SSSR count). The molecule has 2 fully saturated rings. The Morgan fingerprint density at radius 3 is 2.17 bits per heavy atom. The van der Waals surface area contributed by atoms with E-state index in [1.807, 2.05) is 20.8 Å². The zero-order valence-corrected chi connectivity index (χ0v) is 11.2. The fourth-order valence-electron chi connectivity index (χ4n) is 2.97. The van der Waals surface area contributed by atoms with Crippen LogP contribution in [-0.2, 0) is 4.74 Å². The van der Waals surface area contributed by atoms with E-state index < -0.39 is 17.9 Å². The van der Waals surface area contributed by atoms with E-state index in [0.29, 0.717) is 25.7 Å². The molecular weight excluding hydrogens is 237 g/mol. The van der Waals surface area contributed by atoms with Crippen molar-refractivity contribution in [2.75, 3.05) is 0 Å². The van der Waals surface area contributed by atoms with Gasteiger partial charge in [-0.3, -0.25) is 0 Å². The Bertz CT molecular complexity index is 299. The van der Waals surface area contributed by atoms with Crippen molar-refractivity contribution < 1.29 is 19.0 Å². The number of carbonyl (C=O) groups is 1. The quantitative estimate of drug-likeness (QED) is 0.726. The Labute approximate surface area is 107 Å². The number of nitrogens with zero attached hydrogens (tertiary/aromatic N) is 1. The normalized spacial score (nSPS) is 36.4. The maximum atomic E-state index is 13.5. The molecule has 0 radical (unpaired) electrons. The van der Waals surface area contributed by atoms with Crippen LogP contribution in [0.25, 0.3) is 0 Å². The monoisotopic (exact) mass is 259 g/mol. The number of halogens is 1. The van der Waals surface area contributed by atoms with Gasteiger partial charge in [-0.15, -0.1) is 0 Å². The van der Waals surface area contributed by atoms with Crippen molar-refractivity contribution in [3.05, 3.63) is 0 Å². The maximum absolute atomic E-state index is 13.5. The number of aliphatic hydroxyl groups excluding tert-OH is 1. The summed E-state index contributed by atoms with van der Waals surface area (Å²) in [5.41, 5.74) is -0.545. The fourth-order valence-corrected chi connectivity index (χ4v) is 2.97. The van der Waals surface area contributed by atoms with E-state index in [1.165, 1.54) is 0 Å². The van der Waals surface area contributed by atoms with Crippen molar-refractivity contribution in [1.29, 1.82) is 0 Å². The van der Waals surface area contributed by atoms with E-state index in [9.17, 15) is 14.3 Å². The zero-order valence-electron chi connectivity index (χ0n) is 11.2. The zero-order chi connectivity index (χ0) is 13.5. The lowest BCUT2D eigenvalue weighted by Crippen LogP contribution is -2.59. The Morgan fingerprint density at radius 2 is 1.72 bits per heavy atom. The molecule has 2 heterocycles. The lowest BCUT2D eigenvalue weighted by molar-refractivity contribution is -0.0599. The number of ether oxygens (including phenoxy) is 1. The molecule has 18 heavy (non-hydrogen) atoms. The Hall–Kier alpha value is -0.840. The molecule has 2 saturated heterocycles. The summed E-state index contributed by atoms with van der Waals surface area (Å²) in [6.07, 6.45) is -0.139. The van der Waals surface area contributed by atoms with E-state index in [-0.39, 0.29) is 18.2 Å². The fraction of sp³-hybridized carbons (Fsp3) is 0.923. The Morgan fingerprint density at radius 1 is 1.22 bits per heavy atom. The average molecular weight is 259 g/mol. The smallest absolute Gasteiger partial charge is 0.410 e. The summed E-state index contributed by atoms with van der Waals surface area (Å²) in [6.45, 7) is 5.45. The van der Waals surface area contributed by atoms with Crippen LogP contribution in [0.1, 0.15) is 46.5 Å². The number of hydrogen-bond acceptors (Lipinski definition) is 3. The van der Waals surface area contributed by atoms with E-state index in [0.717, 1.165) is 0 Å². The van der Waals surface area contributed by atoms with E-state index in [4.69, 9.17) is 4.74 Å². The SMILES string of the molecule is CC(C)(C)OC(=O)N1[C@@H]2CC(O)C[C@H]1CC(F)C2. The second kappa shape index (κ2) is 4.68. The first kappa shape index (κ1) is 13.6. The van der Waals surface area contributed by atoms with Crippen LogP contribution in [0.15, 0.2) is 0 Å². The molecule has 0 saturated carbocycles. The number of fused-ring (bicyclic) bond motifs is 2. The number of hydrogen-bond donors (Lipinski definition) is 1. The van der Waals surface area contributed by atoms with Crippen LogP contribution in [0.3, 0.4) is 0 Å². The third kappa shape index (κ3) is 2.94. The molecule has 4 atom stereocenters. The third-order valence-electron chi connectivity index (χ3n) is 3.54. The molecular formula is C13H22FNO3. The summed E-state index contributed by atoms with van der Waals surface area (Å²) in [5.74, 6) is 0. The Balaban J connectivity index is 2.10. The van der Waals surface area contributed by atoms with Crippen LogP contribution in [0, 0.1) is 0 Å². The first-order valence-electron chi connectivity index (χ1n) is 6.59. The highest BCUT2D eigenvalue weighted by Gasteiger charge is 2.45. The van der Waals surface area contributed by atoms with Gasteiger partial charge in [-0.05, 0) is 46.5 Å². The van der Waals surface area contributed by atoms with Crippen LogP contribution in [-0.4, -0.2) is 46.1 Å². The standard InChI is InChI=1S/C13H22FNO3/c1-13(2,3)18-12(17)15-9-4-8(14)5-10(15)7-11(16)6-9/h8-11,16H,4-7H2,1-3H3/t8?,9-,10+,11?. The summed E-state index contributed by atoms with van der Waals surface area (Å²) >= 11 is 0. The molecule has 2 aliphatic rings. The van der Waals surface area contributed by atoms with Crippen molar-refractivity contribution in [3.63, 3.8) is 0 Å². The summed E-state index contributed by atoms with van der Waals surface area (Å²) in [4.78, 5) is 13.8. The molecule has 104 valence electrons. The largest absolute Gasteiger partial charge is 0.444 e. The van der Waals surface area contributed by atoms with Crippen LogP contribution in [0.5, 0.6) is 0 Å². The number of rotatable bonds is 0. The van der Waals surface area contributed by atoms with Gasteiger partial charge in [0.1, 0.15) is 11.8 Å². The van der Waals surface area contributed by atoms with Crippen LogP contribution in [0.4, 0.5) is 9.18 Å². The summed E-state index contributed by atoms with van der Waals surface area (Å²) in [5, 5.41) is 9.73. The minimum absolute atomic E-state index is 0.225. The minimum atomic E-state index is -0.869. The van der Waals surface area contributed by atoms with Gasteiger partial charge in [0, 0.05) is 12.1 Å². The predicted molar refractivity (Wildman–Crippen MR) is 65.0 cm³/mol. The van der Waals surface area contributed by atoms with Crippen molar-refractivity contribution >= 4 is 6.09 Å². The van der Waals surface area contributed by atoms with Crippen molar-refractivity contribution in [2.45, 2.75) is 76.4 Å². The molecule has 0 spiro atoms. The first-order valence-corrected chi connectivity index (χ1v) is 6.59. The van der Waals surface area contributed by atoms with Gasteiger partial charge in [0.05, 0.1) is 6.10 Å². The van der Waals surface area contributed by atoms with Gasteiger partial charge in [-0.25, -0.2) is 9.18 Å². The van der Waals surface area contributed by atoms with Gasteiger partial charge in [0.15, 0.2) is 0 Å². The molecule has 5 heteroatoms. The van der Waals surface area contributed by atoms with E-state index in [2.05, 4.69) is 0 Å². The van der Waals surface area contributed by atoms with Gasteiger partial charge >= 0.3 is 6.09 Å². The van der Waals surface area contributed by atoms with Gasteiger partial charge in [-0.1, -0.05) is 0 Å². The molecule has 0 aliphatic carbocycles. The molecule has 2 bridgehead atoms. The van der Waals surface area contributed by atoms with Gasteiger partial charge in [0.25, 0.3) is 0 Å². The predicted octanol–water partition coefficient (Wildman–Crippen LogP) is 2.25. The highest BCUT2D eigenvalue weighted by atomic mass is 19.1. The lowest BCUT2D eigenvalue weighted by Gasteiger charge is -2.48. The second-order valence-electron chi connectivity index (χ2n) is 6.39. The lowest BCUT2D eigenvalue weighted by atomic mass is 9.82. The molecule has 2 aliphatic heterocycles. The minimum Gasteiger partial charge on any atom is -0.444 e. The molecule has 1 N–H and O–H groups in total. The van der Waals surface area contributed by atoms with E-state index >= 15 is 0 Å². The van der Waals surface area contributed by atoms with Gasteiger partial charge in [-0.2, -0.15) is 0 Å². The van der Waals surface area contributed by atoms with E-state index in [1.54, 1.807) is 4.90 Å².